The molecule has 2 saturated heterocycles. The normalized spacial score (nSPS) is 24.3. The summed E-state index contributed by atoms with van der Waals surface area (Å²) in [6.45, 7) is 2.30. The highest BCUT2D eigenvalue weighted by atomic mass is 16.6. The van der Waals surface area contributed by atoms with Crippen LogP contribution in [0.5, 0.6) is 0 Å². The Morgan fingerprint density at radius 2 is 1.88 bits per heavy atom. The summed E-state index contributed by atoms with van der Waals surface area (Å²) in [6.07, 6.45) is 0.553. The summed E-state index contributed by atoms with van der Waals surface area (Å²) in [5.41, 5.74) is -0.642. The lowest BCUT2D eigenvalue weighted by Gasteiger charge is -2.55. The highest BCUT2D eigenvalue weighted by Gasteiger charge is 2.64. The Morgan fingerprint density at radius 1 is 1.22 bits per heavy atom. The van der Waals surface area contributed by atoms with E-state index in [0.29, 0.717) is 24.2 Å². The molecule has 2 unspecified atom stereocenters. The van der Waals surface area contributed by atoms with Crippen molar-refractivity contribution in [1.29, 1.82) is 0 Å². The number of imide groups is 2. The van der Waals surface area contributed by atoms with Crippen molar-refractivity contribution in [2.45, 2.75) is 32.2 Å². The summed E-state index contributed by atoms with van der Waals surface area (Å²) >= 11 is 0. The van der Waals surface area contributed by atoms with Crippen molar-refractivity contribution >= 4 is 35.2 Å². The number of benzene rings is 1. The van der Waals surface area contributed by atoms with Gasteiger partial charge >= 0.3 is 12.0 Å². The van der Waals surface area contributed by atoms with Crippen LogP contribution in [0.3, 0.4) is 0 Å². The van der Waals surface area contributed by atoms with Gasteiger partial charge in [-0.15, -0.1) is 0 Å². The SMILES string of the molecule is CCOC(=O)C1CCN2c3ccc([N+](=O)[O-])cc3CC3(C(=O)N(C)C(=O)N(C)C3=O)C2C1. The number of hydrogen-bond donors (Lipinski definition) is 0. The summed E-state index contributed by atoms with van der Waals surface area (Å²) < 4.78 is 5.18. The maximum Gasteiger partial charge on any atom is 0.332 e. The average molecular weight is 444 g/mol. The number of nitro benzene ring substituents is 1. The Hall–Kier alpha value is -3.50. The third kappa shape index (κ3) is 2.94. The van der Waals surface area contributed by atoms with Gasteiger partial charge in [0, 0.05) is 44.9 Å². The van der Waals surface area contributed by atoms with Gasteiger partial charge in [-0.05, 0) is 31.4 Å². The molecule has 3 heterocycles. The minimum absolute atomic E-state index is 0.0969. The van der Waals surface area contributed by atoms with Crippen LogP contribution in [0, 0.1) is 21.4 Å². The molecule has 1 aromatic rings. The van der Waals surface area contributed by atoms with Crippen LogP contribution in [0.1, 0.15) is 25.3 Å². The fourth-order valence-electron chi connectivity index (χ4n) is 5.25. The van der Waals surface area contributed by atoms with Gasteiger partial charge in [0.25, 0.3) is 5.69 Å². The Kier molecular flexibility index (Phi) is 5.14. The standard InChI is InChI=1S/C21H24N4O7/c1-4-32-17(26)12-7-8-24-15-6-5-14(25(30)31)9-13(15)11-21(16(24)10-12)18(27)22(2)20(29)23(3)19(21)28/h5-6,9,12,16H,4,7-8,10-11H2,1-3H3. The van der Waals surface area contributed by atoms with Gasteiger partial charge in [-0.3, -0.25) is 34.3 Å². The van der Waals surface area contributed by atoms with Gasteiger partial charge in [0.2, 0.25) is 11.8 Å². The van der Waals surface area contributed by atoms with Gasteiger partial charge in [-0.2, -0.15) is 0 Å². The van der Waals surface area contributed by atoms with Crippen LogP contribution >= 0.6 is 0 Å². The highest BCUT2D eigenvalue weighted by Crippen LogP contribution is 2.50. The number of amides is 4. The minimum atomic E-state index is -1.68. The van der Waals surface area contributed by atoms with E-state index in [9.17, 15) is 29.3 Å². The number of rotatable bonds is 3. The molecular formula is C21H24N4O7. The van der Waals surface area contributed by atoms with Gasteiger partial charge in [0.05, 0.1) is 23.5 Å². The number of anilines is 1. The summed E-state index contributed by atoms with van der Waals surface area (Å²) in [5.74, 6) is -2.21. The first-order chi connectivity index (χ1) is 15.1. The first-order valence-corrected chi connectivity index (χ1v) is 10.4. The van der Waals surface area contributed by atoms with Crippen molar-refractivity contribution in [2.75, 3.05) is 32.1 Å². The quantitative estimate of drug-likeness (QED) is 0.295. The fraction of sp³-hybridized carbons (Fsp3) is 0.524. The number of fused-ring (bicyclic) bond motifs is 4. The van der Waals surface area contributed by atoms with Gasteiger partial charge in [-0.1, -0.05) is 0 Å². The van der Waals surface area contributed by atoms with Crippen molar-refractivity contribution in [1.82, 2.24) is 9.80 Å². The molecule has 2 fully saturated rings. The van der Waals surface area contributed by atoms with E-state index in [1.54, 1.807) is 13.0 Å². The van der Waals surface area contributed by atoms with Crippen LogP contribution in [-0.4, -0.2) is 71.8 Å². The van der Waals surface area contributed by atoms with Crippen LogP contribution in [0.15, 0.2) is 18.2 Å². The molecule has 4 amide bonds. The molecule has 3 aliphatic rings. The highest BCUT2D eigenvalue weighted by molar-refractivity contribution is 6.20. The molecule has 1 aromatic carbocycles. The topological polar surface area (TPSA) is 130 Å². The Balaban J connectivity index is 1.87. The molecule has 0 radical (unpaired) electrons. The number of nitrogens with zero attached hydrogens (tertiary/aromatic N) is 4. The van der Waals surface area contributed by atoms with E-state index in [1.165, 1.54) is 26.2 Å². The third-order valence-electron chi connectivity index (χ3n) is 6.79. The molecule has 1 spiro atoms. The van der Waals surface area contributed by atoms with E-state index >= 15 is 0 Å². The summed E-state index contributed by atoms with van der Waals surface area (Å²) in [4.78, 5) is 66.5. The first-order valence-electron chi connectivity index (χ1n) is 10.4. The van der Waals surface area contributed by atoms with Gasteiger partial charge in [-0.25, -0.2) is 4.79 Å². The second-order valence-corrected chi connectivity index (χ2v) is 8.41. The number of carbonyl (C=O) groups excluding carboxylic acids is 4. The zero-order valence-corrected chi connectivity index (χ0v) is 18.1. The monoisotopic (exact) mass is 444 g/mol. The van der Waals surface area contributed by atoms with Gasteiger partial charge < -0.3 is 9.64 Å². The lowest BCUT2D eigenvalue weighted by molar-refractivity contribution is -0.384. The molecule has 0 aromatic heterocycles. The largest absolute Gasteiger partial charge is 0.466 e. The average Bonchev–Trinajstić information content (AvgIpc) is 2.79. The van der Waals surface area contributed by atoms with Crippen molar-refractivity contribution < 1.29 is 28.8 Å². The van der Waals surface area contributed by atoms with Crippen molar-refractivity contribution in [3.8, 4) is 0 Å². The second-order valence-electron chi connectivity index (χ2n) is 8.41. The minimum Gasteiger partial charge on any atom is -0.466 e. The van der Waals surface area contributed by atoms with Crippen molar-refractivity contribution in [3.63, 3.8) is 0 Å². The fourth-order valence-corrected chi connectivity index (χ4v) is 5.25. The van der Waals surface area contributed by atoms with Crippen LogP contribution in [0.25, 0.3) is 0 Å². The summed E-state index contributed by atoms with van der Waals surface area (Å²) in [6, 6.07) is 2.95. The number of barbiturate groups is 1. The molecule has 0 aliphatic carbocycles. The predicted octanol–water partition coefficient (Wildman–Crippen LogP) is 1.34. The lowest BCUT2D eigenvalue weighted by atomic mass is 9.64. The zero-order valence-electron chi connectivity index (χ0n) is 18.1. The number of urea groups is 1. The zero-order chi connectivity index (χ0) is 23.4. The molecule has 4 rings (SSSR count). The van der Waals surface area contributed by atoms with Crippen molar-refractivity contribution in [3.05, 3.63) is 33.9 Å². The predicted molar refractivity (Wildman–Crippen MR) is 111 cm³/mol. The summed E-state index contributed by atoms with van der Waals surface area (Å²) in [7, 11) is 2.63. The number of non-ortho nitro benzene ring substituents is 1. The van der Waals surface area contributed by atoms with Crippen LogP contribution in [0.4, 0.5) is 16.2 Å². The first kappa shape index (κ1) is 21.7. The molecule has 11 heteroatoms. The van der Waals surface area contributed by atoms with Gasteiger partial charge in [0.1, 0.15) is 0 Å². The number of carbonyl (C=O) groups is 4. The molecule has 32 heavy (non-hydrogen) atoms. The van der Waals surface area contributed by atoms with Crippen LogP contribution < -0.4 is 4.90 Å². The number of ether oxygens (including phenoxy) is 1. The maximum atomic E-state index is 13.5. The number of nitro groups is 1. The number of esters is 1. The molecule has 3 aliphatic heterocycles. The van der Waals surface area contributed by atoms with E-state index < -0.39 is 40.1 Å². The maximum absolute atomic E-state index is 13.5. The van der Waals surface area contributed by atoms with E-state index in [1.807, 2.05) is 4.90 Å². The molecular weight excluding hydrogens is 420 g/mol. The number of hydrogen-bond acceptors (Lipinski definition) is 8. The molecule has 0 N–H and O–H groups in total. The van der Waals surface area contributed by atoms with E-state index in [-0.39, 0.29) is 31.1 Å². The Bertz CT molecular complexity index is 1010. The van der Waals surface area contributed by atoms with E-state index in [4.69, 9.17) is 4.74 Å². The molecule has 0 bridgehead atoms. The van der Waals surface area contributed by atoms with Crippen LogP contribution in [0.2, 0.25) is 0 Å². The van der Waals surface area contributed by atoms with E-state index in [2.05, 4.69) is 0 Å². The molecule has 2 atom stereocenters. The van der Waals surface area contributed by atoms with Gasteiger partial charge in [0.15, 0.2) is 5.41 Å². The second kappa shape index (κ2) is 7.57. The molecule has 0 saturated carbocycles. The third-order valence-corrected chi connectivity index (χ3v) is 6.79. The smallest absolute Gasteiger partial charge is 0.332 e. The Labute approximate surface area is 184 Å². The molecule has 170 valence electrons. The lowest BCUT2D eigenvalue weighted by Crippen LogP contribution is -2.72. The Morgan fingerprint density at radius 3 is 2.47 bits per heavy atom. The summed E-state index contributed by atoms with van der Waals surface area (Å²) in [5, 5.41) is 11.3. The van der Waals surface area contributed by atoms with Crippen LogP contribution in [-0.2, 0) is 25.5 Å². The van der Waals surface area contributed by atoms with E-state index in [0.717, 1.165) is 9.80 Å². The number of piperidine rings is 1. The van der Waals surface area contributed by atoms with Crippen molar-refractivity contribution in [2.24, 2.45) is 11.3 Å². The molecule has 11 nitrogen and oxygen atoms in total.